The van der Waals surface area contributed by atoms with Gasteiger partial charge in [-0.1, -0.05) is 149 Å². The highest BCUT2D eigenvalue weighted by atomic mass is 16.3. The summed E-state index contributed by atoms with van der Waals surface area (Å²) in [4.78, 5) is 2.36. The molecular formula is C58H41NO2. The Kier molecular flexibility index (Phi) is 6.85. The lowest BCUT2D eigenvalue weighted by atomic mass is 9.74. The van der Waals surface area contributed by atoms with E-state index in [1.807, 2.05) is 0 Å². The number of para-hydroxylation sites is 2. The van der Waals surface area contributed by atoms with Crippen LogP contribution in [-0.4, -0.2) is 0 Å². The molecule has 61 heavy (non-hydrogen) atoms. The summed E-state index contributed by atoms with van der Waals surface area (Å²) in [5.74, 6) is 0. The first-order chi connectivity index (χ1) is 29.8. The molecule has 0 atom stereocenters. The quantitative estimate of drug-likeness (QED) is 0.178. The van der Waals surface area contributed by atoms with Crippen LogP contribution in [0.25, 0.3) is 87.7 Å². The Bertz CT molecular complexity index is 3630. The van der Waals surface area contributed by atoms with Crippen molar-refractivity contribution in [2.75, 3.05) is 4.90 Å². The van der Waals surface area contributed by atoms with Crippen LogP contribution in [0.15, 0.2) is 185 Å². The van der Waals surface area contributed by atoms with Gasteiger partial charge in [-0.05, 0) is 115 Å². The van der Waals surface area contributed by atoms with E-state index in [-0.39, 0.29) is 10.8 Å². The average molecular weight is 784 g/mol. The van der Waals surface area contributed by atoms with Crippen LogP contribution >= 0.6 is 0 Å². The molecule has 11 aromatic rings. The molecule has 13 rings (SSSR count). The maximum atomic E-state index is 6.99. The summed E-state index contributed by atoms with van der Waals surface area (Å²) in [6.07, 6.45) is 0. The number of allylic oxidation sites excluding steroid dienone is 2. The van der Waals surface area contributed by atoms with Gasteiger partial charge in [-0.2, -0.15) is 0 Å². The molecule has 0 saturated heterocycles. The van der Waals surface area contributed by atoms with Crippen molar-refractivity contribution in [2.24, 2.45) is 0 Å². The highest BCUT2D eigenvalue weighted by molar-refractivity contribution is 6.23. The molecule has 0 unspecified atom stereocenters. The number of hydrogen-bond donors (Lipinski definition) is 0. The van der Waals surface area contributed by atoms with E-state index in [0.717, 1.165) is 55.9 Å². The van der Waals surface area contributed by atoms with Gasteiger partial charge in [0, 0.05) is 55.0 Å². The van der Waals surface area contributed by atoms with E-state index in [1.165, 1.54) is 71.1 Å². The third kappa shape index (κ3) is 4.69. The van der Waals surface area contributed by atoms with Crippen molar-refractivity contribution in [1.29, 1.82) is 0 Å². The summed E-state index contributed by atoms with van der Waals surface area (Å²) in [5.41, 5.74) is 17.0. The molecule has 0 spiro atoms. The molecule has 2 heterocycles. The number of furan rings is 2. The molecule has 0 radical (unpaired) electrons. The smallest absolute Gasteiger partial charge is 0.143 e. The Morgan fingerprint density at radius 1 is 0.410 bits per heavy atom. The largest absolute Gasteiger partial charge is 0.456 e. The monoisotopic (exact) mass is 783 g/mol. The van der Waals surface area contributed by atoms with E-state index >= 15 is 0 Å². The van der Waals surface area contributed by atoms with Crippen molar-refractivity contribution in [1.82, 2.24) is 0 Å². The Labute approximate surface area is 353 Å². The second-order valence-corrected chi connectivity index (χ2v) is 18.1. The second-order valence-electron chi connectivity index (χ2n) is 18.1. The summed E-state index contributed by atoms with van der Waals surface area (Å²) < 4.78 is 13.4. The van der Waals surface area contributed by atoms with Crippen LogP contribution in [0.1, 0.15) is 49.9 Å². The predicted octanol–water partition coefficient (Wildman–Crippen LogP) is 16.4. The lowest BCUT2D eigenvalue weighted by Crippen LogP contribution is -2.19. The summed E-state index contributed by atoms with van der Waals surface area (Å²) in [6.45, 7) is 9.62. The van der Waals surface area contributed by atoms with Crippen molar-refractivity contribution in [3.63, 3.8) is 0 Å². The van der Waals surface area contributed by atoms with Crippen molar-refractivity contribution in [2.45, 2.75) is 38.5 Å². The SMILES string of the molecule is CC1(C)C2=C(c3c1ccc1oc4c(-c5ccc(N(c6ccc7ccccc7c6)c6ccc7ccccc7c6)cc5)cccc4c31)C(C)(C)c1c2ccc2oc3ccccc3c12. The number of nitrogens with zero attached hydrogens (tertiary/aromatic N) is 1. The average Bonchev–Trinajstić information content (AvgIpc) is 3.99. The number of benzene rings is 9. The van der Waals surface area contributed by atoms with Gasteiger partial charge >= 0.3 is 0 Å². The van der Waals surface area contributed by atoms with Gasteiger partial charge in [0.1, 0.15) is 22.3 Å². The van der Waals surface area contributed by atoms with Gasteiger partial charge in [0.2, 0.25) is 0 Å². The second kappa shape index (κ2) is 12.1. The molecule has 2 aliphatic rings. The Balaban J connectivity index is 0.959. The van der Waals surface area contributed by atoms with Crippen LogP contribution in [0.5, 0.6) is 0 Å². The molecule has 2 aliphatic carbocycles. The number of hydrogen-bond acceptors (Lipinski definition) is 3. The van der Waals surface area contributed by atoms with Crippen molar-refractivity contribution < 1.29 is 8.83 Å². The van der Waals surface area contributed by atoms with Crippen LogP contribution < -0.4 is 4.90 Å². The van der Waals surface area contributed by atoms with Gasteiger partial charge < -0.3 is 13.7 Å². The molecule has 3 heteroatoms. The number of anilines is 3. The molecule has 0 N–H and O–H groups in total. The normalized spacial score (nSPS) is 15.1. The predicted molar refractivity (Wildman–Crippen MR) is 255 cm³/mol. The minimum absolute atomic E-state index is 0.201. The third-order valence-corrected chi connectivity index (χ3v) is 13.9. The zero-order valence-corrected chi connectivity index (χ0v) is 34.5. The first kappa shape index (κ1) is 34.5. The van der Waals surface area contributed by atoms with Gasteiger partial charge in [0.05, 0.1) is 0 Å². The lowest BCUT2D eigenvalue weighted by molar-refractivity contribution is 0.664. The topological polar surface area (TPSA) is 29.5 Å². The van der Waals surface area contributed by atoms with Gasteiger partial charge in [-0.25, -0.2) is 0 Å². The summed E-state index contributed by atoms with van der Waals surface area (Å²) in [6, 6.07) is 63.8. The van der Waals surface area contributed by atoms with Crippen LogP contribution in [0.2, 0.25) is 0 Å². The van der Waals surface area contributed by atoms with Crippen molar-refractivity contribution in [3.8, 4) is 11.1 Å². The lowest BCUT2D eigenvalue weighted by Gasteiger charge is -2.28. The Morgan fingerprint density at radius 3 is 1.74 bits per heavy atom. The molecule has 0 saturated carbocycles. The summed E-state index contributed by atoms with van der Waals surface area (Å²) in [5, 5.41) is 9.65. The Hall–Kier alpha value is -7.36. The van der Waals surface area contributed by atoms with Gasteiger partial charge in [0.15, 0.2) is 0 Å². The van der Waals surface area contributed by atoms with E-state index < -0.39 is 0 Å². The molecule has 0 fully saturated rings. The van der Waals surface area contributed by atoms with Crippen LogP contribution in [-0.2, 0) is 10.8 Å². The minimum atomic E-state index is -0.271. The maximum Gasteiger partial charge on any atom is 0.143 e. The molecule has 0 aliphatic heterocycles. The van der Waals surface area contributed by atoms with E-state index in [0.29, 0.717) is 0 Å². The van der Waals surface area contributed by atoms with Crippen molar-refractivity contribution >= 4 is 93.6 Å². The fourth-order valence-electron chi connectivity index (χ4n) is 11.2. The molecule has 0 amide bonds. The molecule has 3 nitrogen and oxygen atoms in total. The van der Waals surface area contributed by atoms with Gasteiger partial charge in [-0.15, -0.1) is 0 Å². The first-order valence-electron chi connectivity index (χ1n) is 21.3. The molecular weight excluding hydrogens is 743 g/mol. The molecule has 2 aromatic heterocycles. The highest BCUT2D eigenvalue weighted by Crippen LogP contribution is 2.65. The molecule has 0 bridgehead atoms. The van der Waals surface area contributed by atoms with E-state index in [1.54, 1.807) is 0 Å². The van der Waals surface area contributed by atoms with E-state index in [4.69, 9.17) is 8.83 Å². The zero-order chi connectivity index (χ0) is 40.8. The first-order valence-corrected chi connectivity index (χ1v) is 21.3. The fourth-order valence-corrected chi connectivity index (χ4v) is 11.2. The van der Waals surface area contributed by atoms with Gasteiger partial charge in [0.25, 0.3) is 0 Å². The molecule has 290 valence electrons. The summed E-state index contributed by atoms with van der Waals surface area (Å²) >= 11 is 0. The number of rotatable bonds is 4. The Morgan fingerprint density at radius 2 is 1.02 bits per heavy atom. The van der Waals surface area contributed by atoms with Crippen molar-refractivity contribution in [3.05, 3.63) is 198 Å². The standard InChI is InChI=1S/C58H41NO2/c1-57(2)46-29-31-48-50(52(46)55-54(57)45-28-30-49-51(53(45)58(55,3)4)43-16-9-10-19-47(43)60-49)44-18-11-17-42(56(44)61-48)36-22-24-39(25-23-36)59(40-26-20-34-12-5-7-14-37(34)32-40)41-27-21-35-13-6-8-15-38(35)33-41/h5-33H,1-4H3. The van der Waals surface area contributed by atoms with Crippen LogP contribution in [0, 0.1) is 0 Å². The highest BCUT2D eigenvalue weighted by Gasteiger charge is 2.51. The third-order valence-electron chi connectivity index (χ3n) is 13.9. The van der Waals surface area contributed by atoms with E-state index in [9.17, 15) is 0 Å². The summed E-state index contributed by atoms with van der Waals surface area (Å²) in [7, 11) is 0. The minimum Gasteiger partial charge on any atom is -0.456 e. The fraction of sp³-hybridized carbons (Fsp3) is 0.103. The van der Waals surface area contributed by atoms with Crippen LogP contribution in [0.4, 0.5) is 17.1 Å². The number of fused-ring (bicyclic) bond motifs is 14. The molecule has 9 aromatic carbocycles. The zero-order valence-electron chi connectivity index (χ0n) is 34.5. The maximum absolute atomic E-state index is 6.99. The van der Waals surface area contributed by atoms with Gasteiger partial charge in [-0.3, -0.25) is 0 Å². The van der Waals surface area contributed by atoms with Crippen LogP contribution in [0.3, 0.4) is 0 Å². The van der Waals surface area contributed by atoms with E-state index in [2.05, 4.69) is 209 Å².